The topological polar surface area (TPSA) is 67.9 Å². The standard InChI is InChI=1S/C20H21FN2O4/c1-23(20(25)27-3)11-12-4-6-13(7-5-12)17-10-15-16(19(24)26-2)8-14(21)9-18(15)22-17/h4-9,17,22H,10-11H2,1-3H3. The van der Waals surface area contributed by atoms with E-state index >= 15 is 0 Å². The van der Waals surface area contributed by atoms with E-state index in [-0.39, 0.29) is 11.6 Å². The first kappa shape index (κ1) is 18.7. The maximum absolute atomic E-state index is 13.8. The fraction of sp³-hybridized carbons (Fsp3) is 0.300. The predicted molar refractivity (Wildman–Crippen MR) is 98.1 cm³/mol. The molecule has 7 heteroatoms. The highest BCUT2D eigenvalue weighted by atomic mass is 19.1. The van der Waals surface area contributed by atoms with Crippen molar-refractivity contribution in [2.24, 2.45) is 0 Å². The van der Waals surface area contributed by atoms with Crippen LogP contribution in [0.5, 0.6) is 0 Å². The molecule has 0 fully saturated rings. The van der Waals surface area contributed by atoms with Crippen molar-refractivity contribution in [3.63, 3.8) is 0 Å². The Kier molecular flexibility index (Phi) is 5.30. The molecule has 0 saturated carbocycles. The number of carbonyl (C=O) groups is 2. The molecule has 0 bridgehead atoms. The maximum Gasteiger partial charge on any atom is 0.409 e. The SMILES string of the molecule is COC(=O)c1cc(F)cc2c1CC(c1ccc(CN(C)C(=O)OC)cc1)N2. The molecule has 1 heterocycles. The van der Waals surface area contributed by atoms with Crippen LogP contribution in [-0.4, -0.2) is 38.2 Å². The van der Waals surface area contributed by atoms with Gasteiger partial charge >= 0.3 is 12.1 Å². The van der Waals surface area contributed by atoms with Gasteiger partial charge in [-0.2, -0.15) is 0 Å². The van der Waals surface area contributed by atoms with Gasteiger partial charge in [0.15, 0.2) is 0 Å². The van der Waals surface area contributed by atoms with Crippen molar-refractivity contribution in [2.75, 3.05) is 26.6 Å². The smallest absolute Gasteiger partial charge is 0.409 e. The first-order valence-corrected chi connectivity index (χ1v) is 8.48. The van der Waals surface area contributed by atoms with E-state index in [0.717, 1.165) is 16.7 Å². The first-order valence-electron chi connectivity index (χ1n) is 8.48. The van der Waals surface area contributed by atoms with Crippen molar-refractivity contribution in [2.45, 2.75) is 19.0 Å². The molecule has 1 atom stereocenters. The second-order valence-corrected chi connectivity index (χ2v) is 6.44. The summed E-state index contributed by atoms with van der Waals surface area (Å²) in [6.45, 7) is 0.434. The molecule has 1 unspecified atom stereocenters. The van der Waals surface area contributed by atoms with Crippen LogP contribution in [0.1, 0.15) is 33.1 Å². The summed E-state index contributed by atoms with van der Waals surface area (Å²) in [5.74, 6) is -1.03. The van der Waals surface area contributed by atoms with Gasteiger partial charge in [-0.1, -0.05) is 24.3 Å². The quantitative estimate of drug-likeness (QED) is 0.832. The van der Waals surface area contributed by atoms with Crippen molar-refractivity contribution in [1.29, 1.82) is 0 Å². The summed E-state index contributed by atoms with van der Waals surface area (Å²) in [5, 5.41) is 3.27. The molecule has 1 aliphatic heterocycles. The highest BCUT2D eigenvalue weighted by molar-refractivity contribution is 5.93. The molecule has 1 amide bonds. The molecule has 0 aromatic heterocycles. The van der Waals surface area contributed by atoms with Crippen molar-refractivity contribution < 1.29 is 23.5 Å². The normalized spacial score (nSPS) is 14.9. The zero-order valence-electron chi connectivity index (χ0n) is 15.4. The zero-order chi connectivity index (χ0) is 19.6. The number of nitrogens with zero attached hydrogens (tertiary/aromatic N) is 1. The molecular weight excluding hydrogens is 351 g/mol. The van der Waals surface area contributed by atoms with Gasteiger partial charge < -0.3 is 19.7 Å². The van der Waals surface area contributed by atoms with E-state index in [1.54, 1.807) is 7.05 Å². The Bertz CT molecular complexity index is 867. The van der Waals surface area contributed by atoms with Crippen LogP contribution in [0.4, 0.5) is 14.9 Å². The molecule has 1 aliphatic rings. The Morgan fingerprint density at radius 3 is 2.52 bits per heavy atom. The van der Waals surface area contributed by atoms with Crippen molar-refractivity contribution in [1.82, 2.24) is 4.90 Å². The molecule has 0 aliphatic carbocycles. The minimum absolute atomic E-state index is 0.0717. The number of fused-ring (bicyclic) bond motifs is 1. The first-order chi connectivity index (χ1) is 12.9. The van der Waals surface area contributed by atoms with Crippen LogP contribution < -0.4 is 5.32 Å². The second-order valence-electron chi connectivity index (χ2n) is 6.44. The zero-order valence-corrected chi connectivity index (χ0v) is 15.4. The number of amides is 1. The van der Waals surface area contributed by atoms with Crippen LogP contribution >= 0.6 is 0 Å². The summed E-state index contributed by atoms with van der Waals surface area (Å²) in [4.78, 5) is 24.9. The van der Waals surface area contributed by atoms with Gasteiger partial charge in [0, 0.05) is 19.3 Å². The lowest BCUT2D eigenvalue weighted by atomic mass is 9.98. The number of ether oxygens (including phenoxy) is 2. The summed E-state index contributed by atoms with van der Waals surface area (Å²) in [6, 6.07) is 10.3. The summed E-state index contributed by atoms with van der Waals surface area (Å²) in [7, 11) is 4.29. The Morgan fingerprint density at radius 1 is 1.19 bits per heavy atom. The molecule has 142 valence electrons. The van der Waals surface area contributed by atoms with E-state index in [2.05, 4.69) is 10.1 Å². The second kappa shape index (κ2) is 7.65. The van der Waals surface area contributed by atoms with Gasteiger partial charge in [-0.3, -0.25) is 0 Å². The number of carbonyl (C=O) groups excluding carboxylic acids is 2. The molecular formula is C20H21FN2O4. The van der Waals surface area contributed by atoms with Gasteiger partial charge in [0.25, 0.3) is 0 Å². The predicted octanol–water partition coefficient (Wildman–Crippen LogP) is 3.52. The van der Waals surface area contributed by atoms with E-state index < -0.39 is 17.9 Å². The van der Waals surface area contributed by atoms with E-state index in [1.807, 2.05) is 24.3 Å². The molecule has 6 nitrogen and oxygen atoms in total. The van der Waals surface area contributed by atoms with Crippen LogP contribution in [0.3, 0.4) is 0 Å². The summed E-state index contributed by atoms with van der Waals surface area (Å²) < 4.78 is 23.3. The largest absolute Gasteiger partial charge is 0.465 e. The van der Waals surface area contributed by atoms with Crippen molar-refractivity contribution in [3.05, 3.63) is 64.5 Å². The molecule has 3 rings (SSSR count). The van der Waals surface area contributed by atoms with Crippen molar-refractivity contribution >= 4 is 17.7 Å². The summed E-state index contributed by atoms with van der Waals surface area (Å²) in [5.41, 5.74) is 3.58. The summed E-state index contributed by atoms with van der Waals surface area (Å²) in [6.07, 6.45) is 0.158. The number of halogens is 1. The van der Waals surface area contributed by atoms with Gasteiger partial charge in [-0.05, 0) is 35.2 Å². The fourth-order valence-electron chi connectivity index (χ4n) is 3.27. The maximum atomic E-state index is 13.8. The molecule has 1 N–H and O–H groups in total. The third-order valence-corrected chi connectivity index (χ3v) is 4.65. The lowest BCUT2D eigenvalue weighted by Gasteiger charge is -2.16. The third-order valence-electron chi connectivity index (χ3n) is 4.65. The van der Waals surface area contributed by atoms with E-state index in [1.165, 1.54) is 31.3 Å². The van der Waals surface area contributed by atoms with Crippen LogP contribution in [0.15, 0.2) is 36.4 Å². The number of esters is 1. The van der Waals surface area contributed by atoms with Crippen molar-refractivity contribution in [3.8, 4) is 0 Å². The Hall–Kier alpha value is -3.09. The Morgan fingerprint density at radius 2 is 1.89 bits per heavy atom. The van der Waals surface area contributed by atoms with Gasteiger partial charge in [0.1, 0.15) is 5.82 Å². The highest BCUT2D eigenvalue weighted by Gasteiger charge is 2.28. The number of hydrogen-bond acceptors (Lipinski definition) is 5. The lowest BCUT2D eigenvalue weighted by molar-refractivity contribution is 0.0599. The average Bonchev–Trinajstić information content (AvgIpc) is 3.10. The van der Waals surface area contributed by atoms with Gasteiger partial charge in [0.2, 0.25) is 0 Å². The number of nitrogens with one attached hydrogen (secondary N) is 1. The number of hydrogen-bond donors (Lipinski definition) is 1. The van der Waals surface area contributed by atoms with Gasteiger partial charge in [0.05, 0.1) is 25.8 Å². The number of anilines is 1. The lowest BCUT2D eigenvalue weighted by Crippen LogP contribution is -2.25. The number of methoxy groups -OCH3 is 2. The molecule has 2 aromatic carbocycles. The highest BCUT2D eigenvalue weighted by Crippen LogP contribution is 2.37. The molecule has 0 spiro atoms. The number of benzene rings is 2. The van der Waals surface area contributed by atoms with Crippen LogP contribution in [0.25, 0.3) is 0 Å². The molecule has 27 heavy (non-hydrogen) atoms. The van der Waals surface area contributed by atoms with Gasteiger partial charge in [-0.15, -0.1) is 0 Å². The summed E-state index contributed by atoms with van der Waals surface area (Å²) >= 11 is 0. The van der Waals surface area contributed by atoms with E-state index in [0.29, 0.717) is 18.7 Å². The van der Waals surface area contributed by atoms with Gasteiger partial charge in [-0.25, -0.2) is 14.0 Å². The van der Waals surface area contributed by atoms with Crippen LogP contribution in [0, 0.1) is 5.82 Å². The third kappa shape index (κ3) is 3.86. The molecule has 0 radical (unpaired) electrons. The average molecular weight is 372 g/mol. The Balaban J connectivity index is 1.77. The Labute approximate surface area is 156 Å². The molecule has 0 saturated heterocycles. The van der Waals surface area contributed by atoms with E-state index in [4.69, 9.17) is 4.74 Å². The van der Waals surface area contributed by atoms with Crippen LogP contribution in [0.2, 0.25) is 0 Å². The van der Waals surface area contributed by atoms with E-state index in [9.17, 15) is 14.0 Å². The molecule has 2 aromatic rings. The monoisotopic (exact) mass is 372 g/mol. The number of rotatable bonds is 4. The fourth-order valence-corrected chi connectivity index (χ4v) is 3.27. The van der Waals surface area contributed by atoms with Crippen LogP contribution in [-0.2, 0) is 22.4 Å². The minimum Gasteiger partial charge on any atom is -0.465 e. The minimum atomic E-state index is -0.547.